The lowest BCUT2D eigenvalue weighted by atomic mass is 10.3. The molecule has 1 saturated carbocycles. The lowest BCUT2D eigenvalue weighted by Gasteiger charge is -2.00. The number of aromatic nitrogens is 5. The van der Waals surface area contributed by atoms with Crippen molar-refractivity contribution in [3.05, 3.63) is 36.3 Å². The Hall–Kier alpha value is -2.28. The van der Waals surface area contributed by atoms with E-state index in [2.05, 4.69) is 24.8 Å². The standard InChI is InChI=1S/C15H16N6S/c1-10-3-2-4-13(17-10)18-15-19-14(20-22-15)12-7-16-21(9-12)8-11-5-6-11/h2-4,7,9,11H,5-6,8H2,1H3,(H,17,18,19,20). The zero-order valence-corrected chi connectivity index (χ0v) is 13.0. The summed E-state index contributed by atoms with van der Waals surface area (Å²) >= 11 is 1.33. The van der Waals surface area contributed by atoms with Crippen molar-refractivity contribution in [2.45, 2.75) is 26.3 Å². The molecule has 0 spiro atoms. The Morgan fingerprint density at radius 3 is 3.05 bits per heavy atom. The third kappa shape index (κ3) is 2.99. The summed E-state index contributed by atoms with van der Waals surface area (Å²) in [6, 6.07) is 5.85. The van der Waals surface area contributed by atoms with Crippen molar-refractivity contribution in [3.63, 3.8) is 0 Å². The van der Waals surface area contributed by atoms with Crippen LogP contribution in [0.25, 0.3) is 11.4 Å². The third-order valence-corrected chi connectivity index (χ3v) is 4.21. The van der Waals surface area contributed by atoms with Crippen molar-refractivity contribution >= 4 is 22.5 Å². The van der Waals surface area contributed by atoms with E-state index in [0.717, 1.165) is 34.7 Å². The van der Waals surface area contributed by atoms with Gasteiger partial charge in [-0.05, 0) is 37.8 Å². The molecule has 3 heterocycles. The van der Waals surface area contributed by atoms with Crippen molar-refractivity contribution in [1.29, 1.82) is 0 Å². The molecule has 0 amide bonds. The van der Waals surface area contributed by atoms with Crippen molar-refractivity contribution < 1.29 is 0 Å². The van der Waals surface area contributed by atoms with Gasteiger partial charge in [0.05, 0.1) is 11.8 Å². The maximum atomic E-state index is 4.52. The van der Waals surface area contributed by atoms with Crippen LogP contribution in [-0.4, -0.2) is 24.1 Å². The van der Waals surface area contributed by atoms with Crippen LogP contribution in [0.1, 0.15) is 18.5 Å². The molecule has 3 aromatic heterocycles. The van der Waals surface area contributed by atoms with E-state index in [-0.39, 0.29) is 0 Å². The van der Waals surface area contributed by atoms with Gasteiger partial charge in [-0.3, -0.25) is 4.68 Å². The second-order valence-electron chi connectivity index (χ2n) is 5.61. The van der Waals surface area contributed by atoms with Crippen LogP contribution in [0.15, 0.2) is 30.6 Å². The summed E-state index contributed by atoms with van der Waals surface area (Å²) in [4.78, 5) is 8.92. The minimum absolute atomic E-state index is 0.710. The molecule has 112 valence electrons. The monoisotopic (exact) mass is 312 g/mol. The zero-order valence-electron chi connectivity index (χ0n) is 12.2. The number of rotatable bonds is 5. The van der Waals surface area contributed by atoms with Gasteiger partial charge in [0.2, 0.25) is 5.13 Å². The highest BCUT2D eigenvalue weighted by Crippen LogP contribution is 2.31. The number of aryl methyl sites for hydroxylation is 1. The average Bonchev–Trinajstić information content (AvgIpc) is 2.98. The Morgan fingerprint density at radius 1 is 1.32 bits per heavy atom. The molecule has 1 fully saturated rings. The first kappa shape index (κ1) is 13.4. The topological polar surface area (TPSA) is 68.5 Å². The summed E-state index contributed by atoms with van der Waals surface area (Å²) in [6.45, 7) is 2.97. The van der Waals surface area contributed by atoms with Gasteiger partial charge in [-0.1, -0.05) is 6.07 Å². The fourth-order valence-electron chi connectivity index (χ4n) is 2.26. The van der Waals surface area contributed by atoms with Crippen LogP contribution in [0.5, 0.6) is 0 Å². The molecule has 0 radical (unpaired) electrons. The van der Waals surface area contributed by atoms with E-state index in [4.69, 9.17) is 0 Å². The summed E-state index contributed by atoms with van der Waals surface area (Å²) in [5.41, 5.74) is 1.93. The van der Waals surface area contributed by atoms with Gasteiger partial charge >= 0.3 is 0 Å². The molecule has 0 saturated heterocycles. The quantitative estimate of drug-likeness (QED) is 0.783. The second-order valence-corrected chi connectivity index (χ2v) is 6.36. The molecule has 1 aliphatic rings. The molecule has 0 unspecified atom stereocenters. The number of nitrogens with one attached hydrogen (secondary N) is 1. The molecule has 22 heavy (non-hydrogen) atoms. The summed E-state index contributed by atoms with van der Waals surface area (Å²) < 4.78 is 6.39. The average molecular weight is 312 g/mol. The van der Waals surface area contributed by atoms with Gasteiger partial charge in [-0.2, -0.15) is 14.5 Å². The Kier molecular flexibility index (Phi) is 3.34. The van der Waals surface area contributed by atoms with E-state index in [1.807, 2.05) is 42.2 Å². The highest BCUT2D eigenvalue weighted by Gasteiger charge is 2.22. The van der Waals surface area contributed by atoms with E-state index in [9.17, 15) is 0 Å². The predicted molar refractivity (Wildman–Crippen MR) is 86.1 cm³/mol. The normalized spacial score (nSPS) is 14.2. The Balaban J connectivity index is 1.49. The van der Waals surface area contributed by atoms with Crippen LogP contribution < -0.4 is 5.32 Å². The minimum atomic E-state index is 0.710. The number of hydrogen-bond acceptors (Lipinski definition) is 6. The van der Waals surface area contributed by atoms with Gasteiger partial charge in [0.15, 0.2) is 5.82 Å². The molecule has 1 N–H and O–H groups in total. The second kappa shape index (κ2) is 5.49. The lowest BCUT2D eigenvalue weighted by Crippen LogP contribution is -1.99. The molecule has 6 nitrogen and oxygen atoms in total. The maximum Gasteiger partial charge on any atom is 0.208 e. The van der Waals surface area contributed by atoms with E-state index in [1.165, 1.54) is 24.4 Å². The fraction of sp³-hybridized carbons (Fsp3) is 0.333. The first-order chi connectivity index (χ1) is 10.8. The fourth-order valence-corrected chi connectivity index (χ4v) is 2.85. The number of pyridine rings is 1. The molecule has 0 aliphatic heterocycles. The van der Waals surface area contributed by atoms with E-state index < -0.39 is 0 Å². The highest BCUT2D eigenvalue weighted by molar-refractivity contribution is 7.09. The van der Waals surface area contributed by atoms with Crippen molar-refractivity contribution in [1.82, 2.24) is 24.1 Å². The molecule has 0 atom stereocenters. The SMILES string of the molecule is Cc1cccc(Nc2nc(-c3cnn(CC4CC4)c3)ns2)n1. The van der Waals surface area contributed by atoms with E-state index >= 15 is 0 Å². The molecule has 4 rings (SSSR count). The van der Waals surface area contributed by atoms with Gasteiger partial charge in [-0.15, -0.1) is 0 Å². The molecule has 1 aliphatic carbocycles. The molecular formula is C15H16N6S. The summed E-state index contributed by atoms with van der Waals surface area (Å²) in [5.74, 6) is 2.30. The summed E-state index contributed by atoms with van der Waals surface area (Å²) in [5, 5.41) is 8.32. The van der Waals surface area contributed by atoms with Gasteiger partial charge in [-0.25, -0.2) is 4.98 Å². The Bertz CT molecular complexity index is 789. The van der Waals surface area contributed by atoms with Crippen LogP contribution >= 0.6 is 11.5 Å². The number of anilines is 2. The largest absolute Gasteiger partial charge is 0.315 e. The zero-order chi connectivity index (χ0) is 14.9. The molecule has 0 bridgehead atoms. The summed E-state index contributed by atoms with van der Waals surface area (Å²) in [7, 11) is 0. The van der Waals surface area contributed by atoms with Crippen LogP contribution in [0.3, 0.4) is 0 Å². The van der Waals surface area contributed by atoms with Gasteiger partial charge in [0.25, 0.3) is 0 Å². The van der Waals surface area contributed by atoms with E-state index in [0.29, 0.717) is 5.82 Å². The van der Waals surface area contributed by atoms with Crippen LogP contribution in [0.2, 0.25) is 0 Å². The van der Waals surface area contributed by atoms with Crippen molar-refractivity contribution in [2.24, 2.45) is 5.92 Å². The maximum absolute atomic E-state index is 4.52. The molecule has 0 aromatic carbocycles. The third-order valence-electron chi connectivity index (χ3n) is 3.58. The first-order valence-corrected chi connectivity index (χ1v) is 8.11. The van der Waals surface area contributed by atoms with Crippen LogP contribution in [0, 0.1) is 12.8 Å². The molecular weight excluding hydrogens is 296 g/mol. The first-order valence-electron chi connectivity index (χ1n) is 7.33. The van der Waals surface area contributed by atoms with Gasteiger partial charge < -0.3 is 5.32 Å². The van der Waals surface area contributed by atoms with Crippen LogP contribution in [0.4, 0.5) is 10.9 Å². The van der Waals surface area contributed by atoms with Gasteiger partial charge in [0, 0.05) is 30.0 Å². The van der Waals surface area contributed by atoms with E-state index in [1.54, 1.807) is 0 Å². The lowest BCUT2D eigenvalue weighted by molar-refractivity contribution is 0.563. The predicted octanol–water partition coefficient (Wildman–Crippen LogP) is 3.26. The van der Waals surface area contributed by atoms with Gasteiger partial charge in [0.1, 0.15) is 5.82 Å². The number of hydrogen-bond donors (Lipinski definition) is 1. The minimum Gasteiger partial charge on any atom is -0.315 e. The highest BCUT2D eigenvalue weighted by atomic mass is 32.1. The molecule has 7 heteroatoms. The Morgan fingerprint density at radius 2 is 2.23 bits per heavy atom. The number of nitrogens with zero attached hydrogens (tertiary/aromatic N) is 5. The van der Waals surface area contributed by atoms with Crippen molar-refractivity contribution in [3.8, 4) is 11.4 Å². The van der Waals surface area contributed by atoms with Crippen LogP contribution in [-0.2, 0) is 6.54 Å². The summed E-state index contributed by atoms with van der Waals surface area (Å²) in [6.07, 6.45) is 6.50. The molecule has 3 aromatic rings. The smallest absolute Gasteiger partial charge is 0.208 e. The Labute approximate surface area is 132 Å². The van der Waals surface area contributed by atoms with Crippen molar-refractivity contribution in [2.75, 3.05) is 5.32 Å².